The summed E-state index contributed by atoms with van der Waals surface area (Å²) in [5.41, 5.74) is 4.16. The van der Waals surface area contributed by atoms with Gasteiger partial charge < -0.3 is 9.88 Å². The van der Waals surface area contributed by atoms with E-state index in [4.69, 9.17) is 0 Å². The Morgan fingerprint density at radius 2 is 1.94 bits per heavy atom. The predicted molar refractivity (Wildman–Crippen MR) is 76.9 cm³/mol. The Morgan fingerprint density at radius 1 is 1.28 bits per heavy atom. The molecule has 1 aliphatic heterocycles. The first-order valence-electron chi connectivity index (χ1n) is 7.16. The average molecular weight is 249 g/mol. The smallest absolute Gasteiger partial charge is 0.0223 e. The molecule has 3 heteroatoms. The van der Waals surface area contributed by atoms with Crippen molar-refractivity contribution in [1.82, 2.24) is 14.8 Å². The van der Waals surface area contributed by atoms with Crippen molar-refractivity contribution in [1.29, 1.82) is 0 Å². The maximum Gasteiger partial charge on any atom is 0.0223 e. The van der Waals surface area contributed by atoms with E-state index in [1.807, 2.05) is 0 Å². The first-order valence-corrected chi connectivity index (χ1v) is 7.16. The maximum absolute atomic E-state index is 3.60. The van der Waals surface area contributed by atoms with Crippen LogP contribution >= 0.6 is 0 Å². The highest BCUT2D eigenvalue weighted by Crippen LogP contribution is 2.13. The van der Waals surface area contributed by atoms with E-state index in [0.29, 0.717) is 6.04 Å². The average Bonchev–Trinajstić information content (AvgIpc) is 2.95. The lowest BCUT2D eigenvalue weighted by atomic mass is 10.2. The molecule has 0 saturated carbocycles. The lowest BCUT2D eigenvalue weighted by Crippen LogP contribution is -2.38. The first-order chi connectivity index (χ1) is 8.59. The number of nitrogens with one attached hydrogen (secondary N) is 1. The molecule has 1 atom stereocenters. The highest BCUT2D eigenvalue weighted by Gasteiger charge is 2.17. The molecule has 18 heavy (non-hydrogen) atoms. The number of likely N-dealkylation sites (tertiary alicyclic amines) is 1. The quantitative estimate of drug-likeness (QED) is 0.863. The molecule has 1 aliphatic rings. The van der Waals surface area contributed by atoms with Gasteiger partial charge in [-0.15, -0.1) is 0 Å². The molecule has 1 saturated heterocycles. The van der Waals surface area contributed by atoms with Crippen molar-refractivity contribution in [3.05, 3.63) is 23.0 Å². The molecule has 1 aromatic heterocycles. The van der Waals surface area contributed by atoms with E-state index in [-0.39, 0.29) is 0 Å². The Hall–Kier alpha value is -0.800. The fourth-order valence-electron chi connectivity index (χ4n) is 2.84. The number of hydrogen-bond acceptors (Lipinski definition) is 2. The predicted octanol–water partition coefficient (Wildman–Crippen LogP) is 2.22. The molecule has 1 unspecified atom stereocenters. The second-order valence-electron chi connectivity index (χ2n) is 5.68. The van der Waals surface area contributed by atoms with Crippen LogP contribution in [0.15, 0.2) is 6.07 Å². The molecule has 1 aromatic rings. The zero-order valence-electron chi connectivity index (χ0n) is 12.3. The normalized spacial score (nSPS) is 18.4. The summed E-state index contributed by atoms with van der Waals surface area (Å²) in [6, 6.07) is 2.96. The summed E-state index contributed by atoms with van der Waals surface area (Å²) in [5, 5.41) is 3.60. The minimum atomic E-state index is 0.664. The van der Waals surface area contributed by atoms with E-state index >= 15 is 0 Å². The van der Waals surface area contributed by atoms with Crippen LogP contribution in [0, 0.1) is 13.8 Å². The molecule has 0 spiro atoms. The van der Waals surface area contributed by atoms with Crippen molar-refractivity contribution in [2.75, 3.05) is 19.6 Å². The highest BCUT2D eigenvalue weighted by molar-refractivity contribution is 5.26. The fraction of sp³-hybridized carbons (Fsp3) is 0.733. The monoisotopic (exact) mass is 249 g/mol. The summed E-state index contributed by atoms with van der Waals surface area (Å²) in [6.07, 6.45) is 2.75. The van der Waals surface area contributed by atoms with Crippen molar-refractivity contribution >= 4 is 0 Å². The molecule has 0 amide bonds. The van der Waals surface area contributed by atoms with Crippen molar-refractivity contribution in [2.45, 2.75) is 46.2 Å². The Bertz CT molecular complexity index is 389. The van der Waals surface area contributed by atoms with E-state index in [0.717, 1.165) is 13.1 Å². The van der Waals surface area contributed by atoms with Crippen LogP contribution in [0.3, 0.4) is 0 Å². The maximum atomic E-state index is 3.60. The number of nitrogens with zero attached hydrogens (tertiary/aromatic N) is 2. The Labute approximate surface area is 111 Å². The second-order valence-corrected chi connectivity index (χ2v) is 5.68. The van der Waals surface area contributed by atoms with Gasteiger partial charge in [-0.2, -0.15) is 0 Å². The van der Waals surface area contributed by atoms with Gasteiger partial charge >= 0.3 is 0 Å². The van der Waals surface area contributed by atoms with Crippen molar-refractivity contribution in [3.8, 4) is 0 Å². The van der Waals surface area contributed by atoms with E-state index in [9.17, 15) is 0 Å². The minimum absolute atomic E-state index is 0.664. The molecule has 3 nitrogen and oxygen atoms in total. The third kappa shape index (κ3) is 2.96. The summed E-state index contributed by atoms with van der Waals surface area (Å²) in [5.74, 6) is 0. The molecular weight excluding hydrogens is 222 g/mol. The van der Waals surface area contributed by atoms with Gasteiger partial charge in [0.1, 0.15) is 0 Å². The molecule has 1 fully saturated rings. The van der Waals surface area contributed by atoms with Crippen LogP contribution < -0.4 is 5.32 Å². The van der Waals surface area contributed by atoms with Crippen LogP contribution in [0.1, 0.15) is 36.7 Å². The Kier molecular flexibility index (Phi) is 4.46. The number of aryl methyl sites for hydroxylation is 1. The SMILES string of the molecule is Cc1cc(CNCC(C)N2CCCC2)c(C)n1C. The third-order valence-electron chi connectivity index (χ3n) is 4.40. The van der Waals surface area contributed by atoms with Crippen molar-refractivity contribution in [2.24, 2.45) is 7.05 Å². The van der Waals surface area contributed by atoms with Crippen LogP contribution in [0.4, 0.5) is 0 Å². The van der Waals surface area contributed by atoms with Gasteiger partial charge in [-0.25, -0.2) is 0 Å². The lowest BCUT2D eigenvalue weighted by molar-refractivity contribution is 0.251. The van der Waals surface area contributed by atoms with E-state index < -0.39 is 0 Å². The molecule has 0 bridgehead atoms. The van der Waals surface area contributed by atoms with Crippen LogP contribution in [-0.2, 0) is 13.6 Å². The third-order valence-corrected chi connectivity index (χ3v) is 4.40. The van der Waals surface area contributed by atoms with Crippen molar-refractivity contribution < 1.29 is 0 Å². The Balaban J connectivity index is 1.79. The summed E-state index contributed by atoms with van der Waals surface area (Å²) in [6.45, 7) is 11.4. The van der Waals surface area contributed by atoms with Gasteiger partial charge in [0.25, 0.3) is 0 Å². The topological polar surface area (TPSA) is 20.2 Å². The molecule has 2 heterocycles. The van der Waals surface area contributed by atoms with Gasteiger partial charge in [0.15, 0.2) is 0 Å². The van der Waals surface area contributed by atoms with Gasteiger partial charge in [0, 0.05) is 37.6 Å². The largest absolute Gasteiger partial charge is 0.352 e. The summed E-state index contributed by atoms with van der Waals surface area (Å²) in [7, 11) is 2.14. The van der Waals surface area contributed by atoms with Gasteiger partial charge in [0.05, 0.1) is 0 Å². The molecule has 2 rings (SSSR count). The molecule has 0 aromatic carbocycles. The van der Waals surface area contributed by atoms with E-state index in [2.05, 4.69) is 48.7 Å². The Morgan fingerprint density at radius 3 is 2.50 bits per heavy atom. The molecule has 102 valence electrons. The van der Waals surface area contributed by atoms with Crippen LogP contribution in [0.2, 0.25) is 0 Å². The molecule has 0 radical (unpaired) electrons. The fourth-order valence-corrected chi connectivity index (χ4v) is 2.84. The highest BCUT2D eigenvalue weighted by atomic mass is 15.2. The van der Waals surface area contributed by atoms with Crippen LogP contribution in [-0.4, -0.2) is 35.1 Å². The summed E-state index contributed by atoms with van der Waals surface area (Å²) >= 11 is 0. The first kappa shape index (κ1) is 13.6. The summed E-state index contributed by atoms with van der Waals surface area (Å²) in [4.78, 5) is 2.59. The molecular formula is C15H27N3. The number of hydrogen-bond donors (Lipinski definition) is 1. The zero-order chi connectivity index (χ0) is 13.1. The van der Waals surface area contributed by atoms with Gasteiger partial charge in [0.2, 0.25) is 0 Å². The van der Waals surface area contributed by atoms with Crippen molar-refractivity contribution in [3.63, 3.8) is 0 Å². The van der Waals surface area contributed by atoms with Gasteiger partial charge in [-0.3, -0.25) is 4.90 Å². The van der Waals surface area contributed by atoms with E-state index in [1.165, 1.54) is 42.9 Å². The lowest BCUT2D eigenvalue weighted by Gasteiger charge is -2.23. The van der Waals surface area contributed by atoms with E-state index in [1.54, 1.807) is 0 Å². The minimum Gasteiger partial charge on any atom is -0.352 e. The van der Waals surface area contributed by atoms with Crippen LogP contribution in [0.25, 0.3) is 0 Å². The molecule has 0 aliphatic carbocycles. The summed E-state index contributed by atoms with van der Waals surface area (Å²) < 4.78 is 2.26. The second kappa shape index (κ2) is 5.89. The number of aromatic nitrogens is 1. The number of rotatable bonds is 5. The zero-order valence-corrected chi connectivity index (χ0v) is 12.3. The standard InChI is InChI=1S/C15H27N3/c1-12-9-15(14(3)17(12)4)11-16-10-13(2)18-7-5-6-8-18/h9,13,16H,5-8,10-11H2,1-4H3. The van der Waals surface area contributed by atoms with Crippen LogP contribution in [0.5, 0.6) is 0 Å². The molecule has 1 N–H and O–H groups in total. The van der Waals surface area contributed by atoms with Gasteiger partial charge in [-0.05, 0) is 58.3 Å². The van der Waals surface area contributed by atoms with Gasteiger partial charge in [-0.1, -0.05) is 0 Å².